The number of hydrogen-bond donors (Lipinski definition) is 7. The topological polar surface area (TPSA) is 344 Å². The predicted molar refractivity (Wildman–Crippen MR) is 162 cm³/mol. The van der Waals surface area contributed by atoms with Crippen LogP contribution in [0, 0.1) is 5.92 Å². The van der Waals surface area contributed by atoms with E-state index < -0.39 is 89.5 Å². The molecule has 0 spiro atoms. The number of anilines is 2. The molecular formula is C24H35N9O14P2. The maximum Gasteiger partial charge on any atom is 0.472 e. The van der Waals surface area contributed by atoms with Gasteiger partial charge in [-0.2, -0.15) is 4.98 Å². The highest BCUT2D eigenvalue weighted by Crippen LogP contribution is 2.50. The molecule has 49 heavy (non-hydrogen) atoms. The lowest BCUT2D eigenvalue weighted by Gasteiger charge is -2.25. The lowest BCUT2D eigenvalue weighted by molar-refractivity contribution is -0.159. The summed E-state index contributed by atoms with van der Waals surface area (Å²) in [5.41, 5.74) is 16.8. The number of imidazole rings is 1. The molecule has 5 rings (SSSR count). The molecule has 0 radical (unpaired) electrons. The molecular weight excluding hydrogens is 700 g/mol. The number of phosphoric acid groups is 2. The van der Waals surface area contributed by atoms with Gasteiger partial charge in [0.05, 0.1) is 19.5 Å². The minimum atomic E-state index is -5.11. The van der Waals surface area contributed by atoms with Gasteiger partial charge in [0, 0.05) is 12.6 Å². The highest BCUT2D eigenvalue weighted by molar-refractivity contribution is 7.47. The summed E-state index contributed by atoms with van der Waals surface area (Å²) in [5.74, 6) is -1.29. The molecule has 2 saturated heterocycles. The molecule has 0 aliphatic carbocycles. The second-order valence-electron chi connectivity index (χ2n) is 11.4. The third-order valence-corrected chi connectivity index (χ3v) is 9.13. The Morgan fingerprint density at radius 1 is 1.08 bits per heavy atom. The summed E-state index contributed by atoms with van der Waals surface area (Å²) in [5, 5.41) is 11.3. The number of phosphoric ester groups is 2. The molecule has 25 heteroatoms. The number of aromatic nitrogens is 6. The molecule has 9 atom stereocenters. The van der Waals surface area contributed by atoms with Crippen molar-refractivity contribution in [3.05, 3.63) is 35.4 Å². The van der Waals surface area contributed by atoms with Crippen LogP contribution in [-0.4, -0.2) is 105 Å². The zero-order valence-corrected chi connectivity index (χ0v) is 27.6. The summed E-state index contributed by atoms with van der Waals surface area (Å²) >= 11 is 0. The lowest BCUT2D eigenvalue weighted by atomic mass is 10.1. The number of carbonyl (C=O) groups is 1. The zero-order chi connectivity index (χ0) is 35.8. The van der Waals surface area contributed by atoms with Crippen molar-refractivity contribution < 1.29 is 61.5 Å². The largest absolute Gasteiger partial charge is 0.472 e. The number of nitrogens with two attached hydrogens (primary N) is 3. The van der Waals surface area contributed by atoms with Crippen molar-refractivity contribution in [2.45, 2.75) is 69.3 Å². The number of aliphatic hydroxyl groups is 1. The number of ether oxygens (including phenoxy) is 3. The van der Waals surface area contributed by atoms with E-state index in [4.69, 9.17) is 40.5 Å². The summed E-state index contributed by atoms with van der Waals surface area (Å²) in [7, 11) is -10.1. The molecule has 270 valence electrons. The highest BCUT2D eigenvalue weighted by atomic mass is 31.2. The van der Waals surface area contributed by atoms with Crippen molar-refractivity contribution in [2.75, 3.05) is 24.7 Å². The second-order valence-corrected chi connectivity index (χ2v) is 14.1. The van der Waals surface area contributed by atoms with Crippen LogP contribution in [0.25, 0.3) is 11.2 Å². The van der Waals surface area contributed by atoms with E-state index >= 15 is 0 Å². The van der Waals surface area contributed by atoms with E-state index in [2.05, 4.69) is 24.5 Å². The Morgan fingerprint density at radius 2 is 1.80 bits per heavy atom. The van der Waals surface area contributed by atoms with Crippen molar-refractivity contribution >= 4 is 44.4 Å². The van der Waals surface area contributed by atoms with Crippen molar-refractivity contribution in [1.29, 1.82) is 0 Å². The molecule has 0 amide bonds. The lowest BCUT2D eigenvalue weighted by Crippen LogP contribution is -2.44. The molecule has 23 nitrogen and oxygen atoms in total. The number of rotatable bonds is 13. The fraction of sp³-hybridized carbons (Fsp3) is 0.583. The molecule has 5 heterocycles. The van der Waals surface area contributed by atoms with Crippen molar-refractivity contribution in [2.24, 2.45) is 11.7 Å². The second kappa shape index (κ2) is 14.4. The smallest absolute Gasteiger partial charge is 0.455 e. The Balaban J connectivity index is 1.34. The molecule has 3 aromatic rings. The van der Waals surface area contributed by atoms with Gasteiger partial charge in [0.15, 0.2) is 23.8 Å². The molecule has 0 saturated carbocycles. The third kappa shape index (κ3) is 8.48. The molecule has 2 aliphatic rings. The minimum absolute atomic E-state index is 0.0422. The van der Waals surface area contributed by atoms with E-state index in [1.807, 2.05) is 0 Å². The number of nitrogens with zero attached hydrogens (tertiary/aromatic N) is 6. The van der Waals surface area contributed by atoms with Gasteiger partial charge in [0.1, 0.15) is 54.3 Å². The van der Waals surface area contributed by atoms with E-state index in [1.165, 1.54) is 23.2 Å². The molecule has 0 bridgehead atoms. The van der Waals surface area contributed by atoms with Crippen LogP contribution in [0.3, 0.4) is 0 Å². The molecule has 0 aromatic carbocycles. The van der Waals surface area contributed by atoms with Crippen LogP contribution in [0.4, 0.5) is 11.6 Å². The monoisotopic (exact) mass is 735 g/mol. The van der Waals surface area contributed by atoms with Crippen LogP contribution in [0.1, 0.15) is 32.7 Å². The van der Waals surface area contributed by atoms with Gasteiger partial charge in [-0.1, -0.05) is 13.8 Å². The van der Waals surface area contributed by atoms with Crippen molar-refractivity contribution in [3.63, 3.8) is 0 Å². The van der Waals surface area contributed by atoms with Crippen LogP contribution in [-0.2, 0) is 41.7 Å². The van der Waals surface area contributed by atoms with Gasteiger partial charge in [-0.15, -0.1) is 0 Å². The Kier molecular flexibility index (Phi) is 10.8. The Bertz CT molecular complexity index is 1820. The van der Waals surface area contributed by atoms with Crippen molar-refractivity contribution in [3.8, 4) is 0 Å². The van der Waals surface area contributed by atoms with E-state index in [-0.39, 0.29) is 35.1 Å². The zero-order valence-electron chi connectivity index (χ0n) is 25.8. The summed E-state index contributed by atoms with van der Waals surface area (Å²) in [6.45, 7) is 1.73. The third-order valence-electron chi connectivity index (χ3n) is 7.63. The molecule has 2 fully saturated rings. The fourth-order valence-corrected chi connectivity index (χ4v) is 6.39. The highest BCUT2D eigenvalue weighted by Gasteiger charge is 2.50. The number of nitrogen functional groups attached to an aromatic ring is 2. The van der Waals surface area contributed by atoms with Crippen LogP contribution in [0.2, 0.25) is 0 Å². The number of fused-ring (bicyclic) bond motifs is 1. The first-order chi connectivity index (χ1) is 22.9. The molecule has 2 aliphatic heterocycles. The van der Waals surface area contributed by atoms with Gasteiger partial charge in [-0.05, 0) is 12.0 Å². The molecule has 1 unspecified atom stereocenters. The van der Waals surface area contributed by atoms with Gasteiger partial charge in [-0.3, -0.25) is 27.5 Å². The number of carbonyl (C=O) groups excluding carboxylic acids is 1. The van der Waals surface area contributed by atoms with Gasteiger partial charge < -0.3 is 51.2 Å². The van der Waals surface area contributed by atoms with E-state index in [0.29, 0.717) is 0 Å². The first-order valence-electron chi connectivity index (χ1n) is 14.5. The van der Waals surface area contributed by atoms with Gasteiger partial charge in [-0.25, -0.2) is 28.9 Å². The number of hydrogen-bond acceptors (Lipinski definition) is 18. The summed E-state index contributed by atoms with van der Waals surface area (Å²) in [4.78, 5) is 70.0. The Labute approximate surface area is 276 Å². The van der Waals surface area contributed by atoms with Crippen LogP contribution >= 0.6 is 15.6 Å². The maximum absolute atomic E-state index is 13.2. The van der Waals surface area contributed by atoms with Crippen LogP contribution < -0.4 is 22.9 Å². The minimum Gasteiger partial charge on any atom is -0.455 e. The van der Waals surface area contributed by atoms with Crippen LogP contribution in [0.5, 0.6) is 0 Å². The van der Waals surface area contributed by atoms with Gasteiger partial charge in [0.25, 0.3) is 0 Å². The van der Waals surface area contributed by atoms with Crippen LogP contribution in [0.15, 0.2) is 29.7 Å². The van der Waals surface area contributed by atoms with E-state index in [9.17, 15) is 38.5 Å². The Morgan fingerprint density at radius 3 is 2.47 bits per heavy atom. The average molecular weight is 736 g/mol. The fourth-order valence-electron chi connectivity index (χ4n) is 5.09. The first kappa shape index (κ1) is 36.8. The van der Waals surface area contributed by atoms with E-state index in [0.717, 1.165) is 10.9 Å². The predicted octanol–water partition coefficient (Wildman–Crippen LogP) is -1.70. The maximum atomic E-state index is 13.2. The average Bonchev–Trinajstić information content (AvgIpc) is 3.70. The summed E-state index contributed by atoms with van der Waals surface area (Å²) < 4.78 is 59.0. The standard InChI is InChI=1S/C24H35N9O14P2/c1-10(2)16(26)23(35)46-19-13(45-22(18(19)34)33-9-30-17-20(27)28-8-29-21(17)33)7-43-49(40,41)47-11-5-15(32-4-3-14(25)31-24(32)36)44-12(11)6-42-48(37,38)39/h3-4,8-13,15-16,18-19,22,34H,5-7,26H2,1-2H3,(H,40,41)(H2,25,31,36)(H2,27,28,29)(H2,37,38,39)/t11-,12+,13+,15+,16-,18+,19+,22+/m0/s1. The van der Waals surface area contributed by atoms with Gasteiger partial charge in [0.2, 0.25) is 0 Å². The summed E-state index contributed by atoms with van der Waals surface area (Å²) in [6.07, 6.45) is -6.46. The van der Waals surface area contributed by atoms with Gasteiger partial charge >= 0.3 is 27.3 Å². The first-order valence-corrected chi connectivity index (χ1v) is 17.5. The van der Waals surface area contributed by atoms with E-state index in [1.54, 1.807) is 13.8 Å². The normalized spacial score (nSPS) is 27.8. The number of aliphatic hydroxyl groups excluding tert-OH is 1. The Hall–Kier alpha value is -3.44. The SMILES string of the molecule is CC(C)[C@H](N)C(=O)O[C@H]1[C@@H](O)[C@H](n2cnc3c(N)ncnc32)O[C@@H]1COP(=O)(O)O[C@H]1C[C@H](n2ccc(N)nc2=O)O[C@@H]1COP(=O)(O)O. The van der Waals surface area contributed by atoms with Crippen molar-refractivity contribution in [1.82, 2.24) is 29.1 Å². The molecule has 10 N–H and O–H groups in total. The summed E-state index contributed by atoms with van der Waals surface area (Å²) in [6, 6.07) is 0.197. The number of esters is 1. The molecule has 3 aromatic heterocycles. The quantitative estimate of drug-likeness (QED) is 0.0759.